The molecule has 0 spiro atoms. The lowest BCUT2D eigenvalue weighted by molar-refractivity contribution is -0.141. The largest absolute Gasteiger partial charge is 0.504 e. The number of hydrogen-bond donors (Lipinski definition) is 2. The van der Waals surface area contributed by atoms with E-state index in [4.69, 9.17) is 18.9 Å². The van der Waals surface area contributed by atoms with Gasteiger partial charge in [-0.15, -0.1) is 0 Å². The zero-order valence-electron chi connectivity index (χ0n) is 16.1. The van der Waals surface area contributed by atoms with Crippen LogP contribution in [0.2, 0.25) is 0 Å². The molecule has 2 aromatic rings. The number of hydrogen-bond acceptors (Lipinski definition) is 7. The van der Waals surface area contributed by atoms with Crippen molar-refractivity contribution in [1.82, 2.24) is 0 Å². The number of carbonyl (C=O) groups excluding carboxylic acids is 1. The molecule has 1 heterocycles. The molecule has 2 aromatic carbocycles. The smallest absolute Gasteiger partial charge is 0.309 e. The Morgan fingerprint density at radius 3 is 2.14 bits per heavy atom. The summed E-state index contributed by atoms with van der Waals surface area (Å²) < 4.78 is 20.9. The van der Waals surface area contributed by atoms with Gasteiger partial charge in [-0.1, -0.05) is 6.07 Å². The molecule has 1 fully saturated rings. The number of ether oxygens (including phenoxy) is 4. The van der Waals surface area contributed by atoms with Crippen LogP contribution in [0.1, 0.15) is 11.1 Å². The standard InChI is InChI=1S/C21H24O7/c1-25-17-8-12(4-5-16(17)22)7-15-14(11-28-21(15)24)6-13-9-18(26-2)20(23)19(10-13)27-3/h4-5,8-10,14-15,22-23H,6-7,11H2,1-3H3. The number of phenolic OH excluding ortho intramolecular Hbond substituents is 2. The molecule has 7 heteroatoms. The van der Waals surface area contributed by atoms with Crippen LogP contribution >= 0.6 is 0 Å². The Kier molecular flexibility index (Phi) is 5.82. The highest BCUT2D eigenvalue weighted by Crippen LogP contribution is 2.39. The van der Waals surface area contributed by atoms with Gasteiger partial charge in [-0.05, 0) is 48.2 Å². The summed E-state index contributed by atoms with van der Waals surface area (Å²) in [6.45, 7) is 0.324. The van der Waals surface area contributed by atoms with Gasteiger partial charge in [0.1, 0.15) is 0 Å². The lowest BCUT2D eigenvalue weighted by Crippen LogP contribution is -2.20. The molecule has 2 N–H and O–H groups in total. The van der Waals surface area contributed by atoms with E-state index in [9.17, 15) is 15.0 Å². The fourth-order valence-corrected chi connectivity index (χ4v) is 3.53. The quantitative estimate of drug-likeness (QED) is 0.704. The van der Waals surface area contributed by atoms with E-state index in [1.807, 2.05) is 0 Å². The second-order valence-electron chi connectivity index (χ2n) is 6.76. The van der Waals surface area contributed by atoms with Crippen molar-refractivity contribution < 1.29 is 34.0 Å². The van der Waals surface area contributed by atoms with Gasteiger partial charge >= 0.3 is 5.97 Å². The summed E-state index contributed by atoms with van der Waals surface area (Å²) in [5.41, 5.74) is 1.76. The van der Waals surface area contributed by atoms with Crippen molar-refractivity contribution in [2.75, 3.05) is 27.9 Å². The Labute approximate surface area is 163 Å². The number of aromatic hydroxyl groups is 2. The number of esters is 1. The molecule has 1 aliphatic rings. The molecule has 7 nitrogen and oxygen atoms in total. The molecule has 0 aliphatic carbocycles. The summed E-state index contributed by atoms with van der Waals surface area (Å²) in [7, 11) is 4.43. The molecule has 0 saturated carbocycles. The first-order valence-electron chi connectivity index (χ1n) is 8.93. The monoisotopic (exact) mass is 388 g/mol. The number of methoxy groups -OCH3 is 3. The molecule has 0 aromatic heterocycles. The van der Waals surface area contributed by atoms with E-state index >= 15 is 0 Å². The average Bonchev–Trinajstić information content (AvgIpc) is 3.03. The molecule has 1 saturated heterocycles. The van der Waals surface area contributed by atoms with Crippen molar-refractivity contribution in [3.8, 4) is 28.7 Å². The Morgan fingerprint density at radius 2 is 1.54 bits per heavy atom. The van der Waals surface area contributed by atoms with E-state index in [-0.39, 0.29) is 29.3 Å². The van der Waals surface area contributed by atoms with Gasteiger partial charge in [-0.2, -0.15) is 0 Å². The average molecular weight is 388 g/mol. The summed E-state index contributed by atoms with van der Waals surface area (Å²) in [4.78, 5) is 12.3. The third-order valence-electron chi connectivity index (χ3n) is 5.05. The third kappa shape index (κ3) is 3.93. The lowest BCUT2D eigenvalue weighted by atomic mass is 9.85. The van der Waals surface area contributed by atoms with Crippen LogP contribution in [-0.4, -0.2) is 44.1 Å². The maximum atomic E-state index is 12.3. The highest BCUT2D eigenvalue weighted by atomic mass is 16.5. The Balaban J connectivity index is 1.81. The zero-order valence-corrected chi connectivity index (χ0v) is 16.1. The number of cyclic esters (lactones) is 1. The summed E-state index contributed by atoms with van der Waals surface area (Å²) >= 11 is 0. The van der Waals surface area contributed by atoms with Gasteiger partial charge in [0.05, 0.1) is 33.9 Å². The molecule has 3 rings (SSSR count). The van der Waals surface area contributed by atoms with Crippen molar-refractivity contribution in [3.63, 3.8) is 0 Å². The van der Waals surface area contributed by atoms with E-state index < -0.39 is 0 Å². The summed E-state index contributed by atoms with van der Waals surface area (Å²) in [5, 5.41) is 19.8. The van der Waals surface area contributed by atoms with Crippen molar-refractivity contribution in [2.24, 2.45) is 11.8 Å². The third-order valence-corrected chi connectivity index (χ3v) is 5.05. The van der Waals surface area contributed by atoms with Gasteiger partial charge in [-0.3, -0.25) is 4.79 Å². The van der Waals surface area contributed by atoms with Gasteiger partial charge in [0.2, 0.25) is 5.75 Å². The van der Waals surface area contributed by atoms with Gasteiger partial charge in [0.25, 0.3) is 0 Å². The highest BCUT2D eigenvalue weighted by molar-refractivity contribution is 5.75. The van der Waals surface area contributed by atoms with E-state index in [2.05, 4.69) is 0 Å². The first kappa shape index (κ1) is 19.7. The molecule has 2 atom stereocenters. The van der Waals surface area contributed by atoms with Crippen molar-refractivity contribution in [1.29, 1.82) is 0 Å². The lowest BCUT2D eigenvalue weighted by Gasteiger charge is -2.17. The summed E-state index contributed by atoms with van der Waals surface area (Å²) in [5.74, 6) is 0.411. The van der Waals surface area contributed by atoms with Crippen LogP contribution < -0.4 is 14.2 Å². The maximum Gasteiger partial charge on any atom is 0.309 e. The van der Waals surface area contributed by atoms with Crippen molar-refractivity contribution >= 4 is 5.97 Å². The van der Waals surface area contributed by atoms with Gasteiger partial charge in [0.15, 0.2) is 23.0 Å². The molecule has 0 amide bonds. The van der Waals surface area contributed by atoms with Crippen LogP contribution in [0.3, 0.4) is 0 Å². The minimum atomic E-state index is -0.319. The van der Waals surface area contributed by atoms with Crippen LogP contribution in [0.15, 0.2) is 30.3 Å². The summed E-state index contributed by atoms with van der Waals surface area (Å²) in [6, 6.07) is 8.53. The molecular formula is C21H24O7. The molecule has 0 bridgehead atoms. The first-order valence-corrected chi connectivity index (χ1v) is 8.93. The van der Waals surface area contributed by atoms with E-state index in [0.29, 0.717) is 36.7 Å². The van der Waals surface area contributed by atoms with Crippen LogP contribution in [0, 0.1) is 11.8 Å². The van der Waals surface area contributed by atoms with Gasteiger partial charge in [0, 0.05) is 5.92 Å². The van der Waals surface area contributed by atoms with Crippen LogP contribution in [0.4, 0.5) is 0 Å². The second-order valence-corrected chi connectivity index (χ2v) is 6.76. The van der Waals surface area contributed by atoms with E-state index in [1.54, 1.807) is 30.3 Å². The minimum absolute atomic E-state index is 0.0359. The number of phenols is 2. The number of benzene rings is 2. The van der Waals surface area contributed by atoms with Crippen LogP contribution in [-0.2, 0) is 22.4 Å². The molecule has 2 unspecified atom stereocenters. The maximum absolute atomic E-state index is 12.3. The molecular weight excluding hydrogens is 364 g/mol. The second kappa shape index (κ2) is 8.29. The predicted octanol–water partition coefficient (Wildman–Crippen LogP) is 2.70. The van der Waals surface area contributed by atoms with Gasteiger partial charge < -0.3 is 29.2 Å². The van der Waals surface area contributed by atoms with Crippen LogP contribution in [0.25, 0.3) is 0 Å². The number of carbonyl (C=O) groups is 1. The molecule has 28 heavy (non-hydrogen) atoms. The Morgan fingerprint density at radius 1 is 0.929 bits per heavy atom. The summed E-state index contributed by atoms with van der Waals surface area (Å²) in [6.07, 6.45) is 1.05. The molecule has 1 aliphatic heterocycles. The molecule has 0 radical (unpaired) electrons. The predicted molar refractivity (Wildman–Crippen MR) is 101 cm³/mol. The number of rotatable bonds is 7. The SMILES string of the molecule is COc1cc(CC2C(=O)OCC2Cc2cc(OC)c(O)c(OC)c2)ccc1O. The van der Waals surface area contributed by atoms with Crippen LogP contribution in [0.5, 0.6) is 28.7 Å². The topological polar surface area (TPSA) is 94.5 Å². The highest BCUT2D eigenvalue weighted by Gasteiger charge is 2.37. The van der Waals surface area contributed by atoms with E-state index in [1.165, 1.54) is 21.3 Å². The van der Waals surface area contributed by atoms with E-state index in [0.717, 1.165) is 11.1 Å². The van der Waals surface area contributed by atoms with Crippen molar-refractivity contribution in [3.05, 3.63) is 41.5 Å². The van der Waals surface area contributed by atoms with Crippen molar-refractivity contribution in [2.45, 2.75) is 12.8 Å². The fourth-order valence-electron chi connectivity index (χ4n) is 3.53. The first-order chi connectivity index (χ1) is 13.5. The van der Waals surface area contributed by atoms with Gasteiger partial charge in [-0.25, -0.2) is 0 Å². The Bertz CT molecular complexity index is 837. The zero-order chi connectivity index (χ0) is 20.3. The minimum Gasteiger partial charge on any atom is -0.504 e. The Hall–Kier alpha value is -3.09. The fraction of sp³-hybridized carbons (Fsp3) is 0.381. The molecule has 150 valence electrons. The normalized spacial score (nSPS) is 18.6.